The number of phenols is 1. The number of nitrogens with one attached hydrogen (secondary N) is 4. The highest BCUT2D eigenvalue weighted by Crippen LogP contribution is 2.70. The molecule has 8 atom stereocenters. The molecule has 1 aliphatic carbocycles. The standard InChI is InChI=1S/C53H64BN5O19/c1-28-23-34-41(42(63)40-33(43(34)68-4)7-6-8-36(40)60)44-39(28)45-46-53(69-5,77-44)51(27-75-51)52(76-45,78-46)26-55-50(67)74-25-31-9-11-32(12-10-31)58-48(65)30(3)57-47(64)29(2)56-37(61)13-15-70-17-19-72-21-22-73-20-18-71-16-14-59-38(62)24-35(54)49(59)66/h9-12,23,29-30,35,45-46,63H,6-8,13-22,24-27H2,1-5H3,(H,55,67)(H,56,61)(H,57,64)(H,58,65)/t29-,30-,35?,45?,46?,51+,52?,53+/m0/s1. The van der Waals surface area contributed by atoms with Gasteiger partial charge in [-0.05, 0) is 62.9 Å². The Bertz CT molecular complexity index is 2830. The number of phenolic OH excluding ortho intramolecular Hbond substituents is 1. The SMILES string of the molecule is [B]C1CC(=O)N(CCOCCOCCOCCOCCC(=O)N[C@@H](C)C(=O)N[C@@H](C)C(=O)Nc2ccc(COC(=O)NCC34OC5c6c(C)cc7c(OC)c8c(c(O)c7c6O[C@](OC)(C5O3)[C@@]43CO3)C(=O)CCC8)cc2)C1=O. The van der Waals surface area contributed by atoms with Crippen LogP contribution in [0.5, 0.6) is 17.2 Å². The topological polar surface area (TPSA) is 296 Å². The molecule has 3 aromatic carbocycles. The molecule has 25 heteroatoms. The van der Waals surface area contributed by atoms with Crippen molar-refractivity contribution < 1.29 is 90.8 Å². The zero-order chi connectivity index (χ0) is 55.5. The van der Waals surface area contributed by atoms with Crippen molar-refractivity contribution in [1.82, 2.24) is 20.9 Å². The van der Waals surface area contributed by atoms with Crippen molar-refractivity contribution in [2.45, 2.75) is 107 Å². The summed E-state index contributed by atoms with van der Waals surface area (Å²) in [5, 5.41) is 23.3. The number of anilines is 1. The van der Waals surface area contributed by atoms with Gasteiger partial charge in [0, 0.05) is 54.4 Å². The van der Waals surface area contributed by atoms with E-state index in [1.807, 2.05) is 13.0 Å². The van der Waals surface area contributed by atoms with Crippen molar-refractivity contribution in [1.29, 1.82) is 0 Å². The smallest absolute Gasteiger partial charge is 0.407 e. The lowest BCUT2D eigenvalue weighted by atomic mass is 9.78. The molecule has 418 valence electrons. The maximum Gasteiger partial charge on any atom is 0.407 e. The van der Waals surface area contributed by atoms with Crippen molar-refractivity contribution in [2.75, 3.05) is 92.1 Å². The first-order chi connectivity index (χ1) is 37.5. The molecule has 6 aliphatic rings. The number of benzene rings is 3. The van der Waals surface area contributed by atoms with E-state index < -0.39 is 71.1 Å². The Hall–Kier alpha value is -6.45. The number of hydrogen-bond donors (Lipinski definition) is 5. The lowest BCUT2D eigenvalue weighted by Crippen LogP contribution is -2.69. The number of epoxide rings is 1. The summed E-state index contributed by atoms with van der Waals surface area (Å²) < 4.78 is 65.5. The molecule has 2 radical (unpaired) electrons. The number of alkyl carbamates (subject to hydrolysis) is 1. The lowest BCUT2D eigenvalue weighted by Gasteiger charge is -2.48. The van der Waals surface area contributed by atoms with E-state index in [2.05, 4.69) is 21.3 Å². The molecule has 4 unspecified atom stereocenters. The van der Waals surface area contributed by atoms with E-state index in [1.54, 1.807) is 24.3 Å². The summed E-state index contributed by atoms with van der Waals surface area (Å²) >= 11 is 0. The molecule has 4 fully saturated rings. The van der Waals surface area contributed by atoms with E-state index in [0.29, 0.717) is 78.0 Å². The Morgan fingerprint density at radius 2 is 1.55 bits per heavy atom. The minimum Gasteiger partial charge on any atom is -0.506 e. The number of rotatable bonds is 26. The van der Waals surface area contributed by atoms with Crippen molar-refractivity contribution in [3.05, 3.63) is 58.1 Å². The van der Waals surface area contributed by atoms with Gasteiger partial charge >= 0.3 is 6.09 Å². The van der Waals surface area contributed by atoms with Gasteiger partial charge in [0.2, 0.25) is 40.9 Å². The van der Waals surface area contributed by atoms with E-state index in [0.717, 1.165) is 10.5 Å². The molecule has 0 saturated carbocycles. The number of ether oxygens (including phenoxy) is 11. The average molecular weight is 1090 g/mol. The number of hydrogen-bond acceptors (Lipinski definition) is 19. The zero-order valence-electron chi connectivity index (χ0n) is 44.1. The second kappa shape index (κ2) is 23.5. The van der Waals surface area contributed by atoms with Gasteiger partial charge in [0.05, 0.1) is 98.5 Å². The van der Waals surface area contributed by atoms with Crippen molar-refractivity contribution in [3.63, 3.8) is 0 Å². The van der Waals surface area contributed by atoms with Gasteiger partial charge in [0.25, 0.3) is 5.79 Å². The molecular formula is C53H64BN5O19. The van der Waals surface area contributed by atoms with Gasteiger partial charge in [-0.2, -0.15) is 0 Å². The molecule has 5 aliphatic heterocycles. The fraction of sp³-hybridized carbons (Fsp3) is 0.566. The summed E-state index contributed by atoms with van der Waals surface area (Å²) in [6.45, 7) is 6.80. The highest BCUT2D eigenvalue weighted by Gasteiger charge is 2.91. The van der Waals surface area contributed by atoms with Gasteiger partial charge in [0.15, 0.2) is 11.9 Å². The van der Waals surface area contributed by atoms with Crippen LogP contribution in [0.2, 0.25) is 5.82 Å². The molecule has 3 aromatic rings. The van der Waals surface area contributed by atoms with E-state index in [4.69, 9.17) is 60.0 Å². The number of fused-ring (bicyclic) bond motifs is 8. The quantitative estimate of drug-likeness (QED) is 0.0333. The largest absolute Gasteiger partial charge is 0.506 e. The molecular weight excluding hydrogens is 1020 g/mol. The molecule has 2 bridgehead atoms. The molecule has 5 N–H and O–H groups in total. The Balaban J connectivity index is 0.661. The van der Waals surface area contributed by atoms with E-state index in [1.165, 1.54) is 28.1 Å². The first-order valence-electron chi connectivity index (χ1n) is 26.0. The van der Waals surface area contributed by atoms with Gasteiger partial charge in [-0.1, -0.05) is 12.1 Å². The predicted molar refractivity (Wildman–Crippen MR) is 272 cm³/mol. The van der Waals surface area contributed by atoms with Gasteiger partial charge in [-0.15, -0.1) is 0 Å². The zero-order valence-corrected chi connectivity index (χ0v) is 44.1. The maximum atomic E-state index is 13.2. The number of ketones is 1. The minimum atomic E-state index is -1.57. The Kier molecular flexibility index (Phi) is 16.9. The van der Waals surface area contributed by atoms with Crippen LogP contribution in [0, 0.1) is 6.92 Å². The third-order valence-corrected chi connectivity index (χ3v) is 14.8. The van der Waals surface area contributed by atoms with E-state index in [9.17, 15) is 38.7 Å². The third-order valence-electron chi connectivity index (χ3n) is 14.8. The maximum absolute atomic E-state index is 13.2. The van der Waals surface area contributed by atoms with Gasteiger partial charge in [0.1, 0.15) is 42.0 Å². The van der Waals surface area contributed by atoms with Crippen LogP contribution in [0.1, 0.15) is 78.2 Å². The van der Waals surface area contributed by atoms with E-state index in [-0.39, 0.29) is 107 Å². The number of methoxy groups -OCH3 is 2. The summed E-state index contributed by atoms with van der Waals surface area (Å²) in [7, 11) is 8.58. The summed E-state index contributed by atoms with van der Waals surface area (Å²) in [5.41, 5.74) is 1.92. The predicted octanol–water partition coefficient (Wildman–Crippen LogP) is 2.10. The summed E-state index contributed by atoms with van der Waals surface area (Å²) in [6, 6.07) is 6.52. The first kappa shape index (κ1) is 56.3. The van der Waals surface area contributed by atoms with Crippen LogP contribution in [-0.4, -0.2) is 181 Å². The van der Waals surface area contributed by atoms with Gasteiger partial charge in [-0.3, -0.25) is 33.7 Å². The second-order valence-electron chi connectivity index (χ2n) is 19.8. The first-order valence-corrected chi connectivity index (χ1v) is 26.0. The second-order valence-corrected chi connectivity index (χ2v) is 19.8. The average Bonchev–Trinajstić information content (AvgIpc) is 3.24. The van der Waals surface area contributed by atoms with Crippen molar-refractivity contribution in [2.24, 2.45) is 0 Å². The van der Waals surface area contributed by atoms with Crippen LogP contribution in [0.15, 0.2) is 30.3 Å². The van der Waals surface area contributed by atoms with Crippen LogP contribution < -0.4 is 30.7 Å². The monoisotopic (exact) mass is 1090 g/mol. The Morgan fingerprint density at radius 1 is 0.885 bits per heavy atom. The number of aromatic hydroxyl groups is 1. The number of imide groups is 1. The van der Waals surface area contributed by atoms with Gasteiger partial charge in [-0.25, -0.2) is 4.79 Å². The van der Waals surface area contributed by atoms with E-state index >= 15 is 0 Å². The Labute approximate surface area is 450 Å². The van der Waals surface area contributed by atoms with Crippen molar-refractivity contribution in [3.8, 4) is 17.2 Å². The van der Waals surface area contributed by atoms with Gasteiger partial charge < -0.3 is 78.5 Å². The molecule has 1 spiro atoms. The summed E-state index contributed by atoms with van der Waals surface area (Å²) in [6.07, 6.45) is -0.887. The fourth-order valence-electron chi connectivity index (χ4n) is 10.7. The van der Waals surface area contributed by atoms with Crippen LogP contribution in [-0.2, 0) is 79.6 Å². The fourth-order valence-corrected chi connectivity index (χ4v) is 10.7. The Morgan fingerprint density at radius 3 is 2.19 bits per heavy atom. The highest BCUT2D eigenvalue weighted by molar-refractivity contribution is 6.29. The normalized spacial score (nSPS) is 25.1. The third kappa shape index (κ3) is 10.7. The number of aryl methyl sites for hydroxylation is 1. The number of likely N-dealkylation sites (tertiary alicyclic amines) is 1. The highest BCUT2D eigenvalue weighted by atomic mass is 16.9. The minimum absolute atomic E-state index is 0.00558. The number of carbonyl (C=O) groups is 7. The number of Topliss-reactive ketones (excluding diaryl/α,β-unsaturated/α-hetero) is 1. The van der Waals surface area contributed by atoms with Crippen molar-refractivity contribution >= 4 is 65.7 Å². The lowest BCUT2D eigenvalue weighted by molar-refractivity contribution is -0.287. The molecule has 78 heavy (non-hydrogen) atoms. The number of carbonyl (C=O) groups excluding carboxylic acids is 7. The molecule has 6 amide bonds. The number of nitrogens with zero attached hydrogens (tertiary/aromatic N) is 1. The summed E-state index contributed by atoms with van der Waals surface area (Å²) in [4.78, 5) is 89.3. The molecule has 4 saturated heterocycles. The van der Waals surface area contributed by atoms with Crippen LogP contribution in [0.25, 0.3) is 10.8 Å². The molecule has 24 nitrogen and oxygen atoms in total. The summed E-state index contributed by atoms with van der Waals surface area (Å²) in [5.74, 6) is -5.70. The van der Waals surface area contributed by atoms with Crippen LogP contribution in [0.4, 0.5) is 10.5 Å². The van der Waals surface area contributed by atoms with Crippen LogP contribution >= 0.6 is 0 Å². The molecule has 5 heterocycles. The van der Waals surface area contributed by atoms with Crippen LogP contribution in [0.3, 0.4) is 0 Å². The molecule has 9 rings (SSSR count). The molecule has 0 aromatic heterocycles. The number of amides is 6.